The Morgan fingerprint density at radius 1 is 0.438 bits per heavy atom. The van der Waals surface area contributed by atoms with E-state index >= 15 is 0 Å². The fourth-order valence-corrected chi connectivity index (χ4v) is 7.88. The number of nitrogens with zero attached hydrogens (tertiary/aromatic N) is 2. The normalized spacial score (nSPS) is 13.8. The van der Waals surface area contributed by atoms with Crippen molar-refractivity contribution in [2.24, 2.45) is 0 Å². The van der Waals surface area contributed by atoms with Crippen LogP contribution < -0.4 is 0 Å². The van der Waals surface area contributed by atoms with E-state index in [4.69, 9.17) is 0 Å². The summed E-state index contributed by atoms with van der Waals surface area (Å²) in [6, 6.07) is 53.6. The minimum Gasteiger partial charge on any atom is -0.192 e. The average Bonchev–Trinajstić information content (AvgIpc) is 3.49. The Labute approximate surface area is 280 Å². The highest BCUT2D eigenvalue weighted by molar-refractivity contribution is 6.15. The van der Waals surface area contributed by atoms with Gasteiger partial charge in [-0.1, -0.05) is 127 Å². The number of benzene rings is 7. The fourth-order valence-electron chi connectivity index (χ4n) is 7.88. The molecular weight excluding hydrogens is 581 g/mol. The third kappa shape index (κ3) is 4.32. The molecule has 0 amide bonds. The predicted octanol–water partition coefficient (Wildman–Crippen LogP) is 11.8. The lowest BCUT2D eigenvalue weighted by Crippen LogP contribution is -2.03. The van der Waals surface area contributed by atoms with Gasteiger partial charge in [0.1, 0.15) is 0 Å². The largest absolute Gasteiger partial charge is 0.192 e. The van der Waals surface area contributed by atoms with Crippen LogP contribution in [0.1, 0.15) is 40.2 Å². The number of fused-ring (bicyclic) bond motifs is 4. The van der Waals surface area contributed by atoms with Gasteiger partial charge in [0.25, 0.3) is 0 Å². The van der Waals surface area contributed by atoms with E-state index in [9.17, 15) is 10.5 Å². The highest BCUT2D eigenvalue weighted by atomic mass is 14.4. The second kappa shape index (κ2) is 11.1. The van der Waals surface area contributed by atoms with Crippen molar-refractivity contribution >= 4 is 16.8 Å². The van der Waals surface area contributed by atoms with Crippen LogP contribution >= 0.6 is 0 Å². The van der Waals surface area contributed by atoms with Crippen molar-refractivity contribution in [3.63, 3.8) is 0 Å². The van der Waals surface area contributed by atoms with Crippen LogP contribution in [0.2, 0.25) is 0 Å². The van der Waals surface area contributed by atoms with Gasteiger partial charge < -0.3 is 0 Å². The first kappa shape index (κ1) is 27.8. The van der Waals surface area contributed by atoms with Crippen molar-refractivity contribution in [2.75, 3.05) is 0 Å². The molecule has 0 spiro atoms. The number of rotatable bonds is 4. The quantitative estimate of drug-likeness (QED) is 0.200. The second-order valence-corrected chi connectivity index (χ2v) is 12.6. The molecule has 9 rings (SSSR count). The molecule has 0 saturated carbocycles. The summed E-state index contributed by atoms with van der Waals surface area (Å²) in [6.07, 6.45) is 5.60. The Balaban J connectivity index is 1.27. The van der Waals surface area contributed by atoms with E-state index in [1.807, 2.05) is 48.5 Å². The number of allylic oxidation sites excluding steroid dienone is 1. The monoisotopic (exact) mass is 608 g/mol. The molecule has 0 saturated heterocycles. The smallest absolute Gasteiger partial charge is 0.0991 e. The van der Waals surface area contributed by atoms with Gasteiger partial charge in [-0.05, 0) is 114 Å². The van der Waals surface area contributed by atoms with Gasteiger partial charge >= 0.3 is 0 Å². The number of hydrogen-bond acceptors (Lipinski definition) is 2. The molecule has 1 atom stereocenters. The Kier molecular flexibility index (Phi) is 6.43. The van der Waals surface area contributed by atoms with Gasteiger partial charge in [0, 0.05) is 5.92 Å². The van der Waals surface area contributed by atoms with Crippen LogP contribution in [-0.4, -0.2) is 0 Å². The van der Waals surface area contributed by atoms with Crippen molar-refractivity contribution in [3.8, 4) is 67.8 Å². The Morgan fingerprint density at radius 3 is 1.46 bits per heavy atom. The van der Waals surface area contributed by atoms with Crippen molar-refractivity contribution in [1.82, 2.24) is 0 Å². The molecular formula is C46H28N2. The minimum atomic E-state index is 0.283. The van der Waals surface area contributed by atoms with E-state index in [1.54, 1.807) is 0 Å². The summed E-state index contributed by atoms with van der Waals surface area (Å²) < 4.78 is 0. The van der Waals surface area contributed by atoms with E-state index in [-0.39, 0.29) is 5.92 Å². The molecule has 48 heavy (non-hydrogen) atoms. The van der Waals surface area contributed by atoms with Crippen molar-refractivity contribution in [3.05, 3.63) is 173 Å². The minimum absolute atomic E-state index is 0.283. The molecule has 0 bridgehead atoms. The van der Waals surface area contributed by atoms with Crippen LogP contribution in [0.25, 0.3) is 72.5 Å². The molecule has 0 heterocycles. The van der Waals surface area contributed by atoms with Gasteiger partial charge in [0.2, 0.25) is 0 Å². The standard InChI is InChI=1S/C46H28N2/c47-27-29-11-15-31(16-12-29)33-19-23-36(24-20-33)43-38-7-1-2-8-39(38)44(37-25-21-34(22-26-37)32-17-13-30(28-48)14-18-32)46-41-10-4-6-35-5-3-9-40(42(35)41)45(43)46/h1-9,11-26,41H,10H2. The average molecular weight is 609 g/mol. The molecule has 7 aromatic carbocycles. The third-order valence-electron chi connectivity index (χ3n) is 10.1. The molecule has 0 N–H and O–H groups in total. The van der Waals surface area contributed by atoms with E-state index < -0.39 is 0 Å². The maximum absolute atomic E-state index is 9.26. The Morgan fingerprint density at radius 2 is 0.917 bits per heavy atom. The molecule has 0 radical (unpaired) electrons. The van der Waals surface area contributed by atoms with Gasteiger partial charge in [-0.2, -0.15) is 10.5 Å². The molecule has 0 fully saturated rings. The zero-order valence-electron chi connectivity index (χ0n) is 26.1. The van der Waals surface area contributed by atoms with Gasteiger partial charge in [0.15, 0.2) is 0 Å². The van der Waals surface area contributed by atoms with Gasteiger partial charge in [-0.25, -0.2) is 0 Å². The van der Waals surface area contributed by atoms with Gasteiger partial charge in [-0.15, -0.1) is 0 Å². The molecule has 1 unspecified atom stereocenters. The molecule has 7 aromatic rings. The SMILES string of the molecule is N#Cc1ccc(-c2ccc(-c3c4c(c(-c5ccc(-c6ccc(C#N)cc6)cc5)c5ccccc35)C3CC=Cc5cccc-4c53)cc2)cc1. The third-order valence-corrected chi connectivity index (χ3v) is 10.1. The summed E-state index contributed by atoms with van der Waals surface area (Å²) >= 11 is 0. The maximum atomic E-state index is 9.26. The van der Waals surface area contributed by atoms with Crippen LogP contribution in [0.15, 0.2) is 146 Å². The lowest BCUT2D eigenvalue weighted by Gasteiger charge is -2.23. The Bertz CT molecular complexity index is 2500. The predicted molar refractivity (Wildman–Crippen MR) is 196 cm³/mol. The van der Waals surface area contributed by atoms with Crippen LogP contribution in [0.4, 0.5) is 0 Å². The van der Waals surface area contributed by atoms with E-state index in [2.05, 4.69) is 115 Å². The lowest BCUT2D eigenvalue weighted by molar-refractivity contribution is 0.847. The summed E-state index contributed by atoms with van der Waals surface area (Å²) in [5.41, 5.74) is 17.7. The second-order valence-electron chi connectivity index (χ2n) is 12.6. The summed E-state index contributed by atoms with van der Waals surface area (Å²) in [5, 5.41) is 21.0. The van der Waals surface area contributed by atoms with Crippen LogP contribution in [0.5, 0.6) is 0 Å². The van der Waals surface area contributed by atoms with E-state index in [0.29, 0.717) is 11.1 Å². The molecule has 2 aliphatic carbocycles. The zero-order valence-corrected chi connectivity index (χ0v) is 26.1. The summed E-state index contributed by atoms with van der Waals surface area (Å²) in [7, 11) is 0. The van der Waals surface area contributed by atoms with Crippen molar-refractivity contribution in [1.29, 1.82) is 10.5 Å². The maximum Gasteiger partial charge on any atom is 0.0991 e. The van der Waals surface area contributed by atoms with Crippen molar-refractivity contribution < 1.29 is 0 Å². The number of hydrogen-bond donors (Lipinski definition) is 0. The highest BCUT2D eigenvalue weighted by Crippen LogP contribution is 2.58. The van der Waals surface area contributed by atoms with E-state index in [1.165, 1.54) is 60.8 Å². The van der Waals surface area contributed by atoms with Gasteiger partial charge in [0.05, 0.1) is 23.3 Å². The lowest BCUT2D eigenvalue weighted by atomic mass is 9.79. The molecule has 0 aliphatic heterocycles. The first-order valence-electron chi connectivity index (χ1n) is 16.3. The first-order chi connectivity index (χ1) is 23.7. The fraction of sp³-hybridized carbons (Fsp3) is 0.0435. The summed E-state index contributed by atoms with van der Waals surface area (Å²) in [5.74, 6) is 0.283. The summed E-state index contributed by atoms with van der Waals surface area (Å²) in [6.45, 7) is 0. The zero-order chi connectivity index (χ0) is 32.2. The summed E-state index contributed by atoms with van der Waals surface area (Å²) in [4.78, 5) is 0. The highest BCUT2D eigenvalue weighted by Gasteiger charge is 2.37. The molecule has 2 aliphatic rings. The van der Waals surface area contributed by atoms with Crippen LogP contribution in [0, 0.1) is 22.7 Å². The molecule has 222 valence electrons. The van der Waals surface area contributed by atoms with Gasteiger partial charge in [-0.3, -0.25) is 0 Å². The van der Waals surface area contributed by atoms with Crippen LogP contribution in [0.3, 0.4) is 0 Å². The number of nitriles is 2. The topological polar surface area (TPSA) is 47.6 Å². The first-order valence-corrected chi connectivity index (χ1v) is 16.3. The van der Waals surface area contributed by atoms with Crippen LogP contribution in [-0.2, 0) is 0 Å². The Hall–Kier alpha value is -6.48. The van der Waals surface area contributed by atoms with E-state index in [0.717, 1.165) is 28.7 Å². The molecule has 0 aromatic heterocycles. The molecule has 2 heteroatoms. The molecule has 2 nitrogen and oxygen atoms in total. The van der Waals surface area contributed by atoms with Crippen molar-refractivity contribution in [2.45, 2.75) is 12.3 Å².